The maximum absolute atomic E-state index is 11.2. The van der Waals surface area contributed by atoms with Crippen molar-refractivity contribution in [1.29, 1.82) is 0 Å². The molecule has 0 bridgehead atoms. The van der Waals surface area contributed by atoms with Gasteiger partial charge in [-0.3, -0.25) is 0 Å². The largest absolute Gasteiger partial charge is 0.337 e. The van der Waals surface area contributed by atoms with Gasteiger partial charge in [0.2, 0.25) is 0 Å². The van der Waals surface area contributed by atoms with Crippen molar-refractivity contribution < 1.29 is 4.79 Å². The molecule has 3 nitrogen and oxygen atoms in total. The van der Waals surface area contributed by atoms with Crippen molar-refractivity contribution in [2.45, 2.75) is 0 Å². The quantitative estimate of drug-likeness (QED) is 0.625. The first kappa shape index (κ1) is 11.8. The van der Waals surface area contributed by atoms with E-state index >= 15 is 0 Å². The first-order chi connectivity index (χ1) is 6.72. The van der Waals surface area contributed by atoms with Crippen molar-refractivity contribution in [2.75, 3.05) is 17.2 Å². The van der Waals surface area contributed by atoms with Crippen LogP contribution in [0.15, 0.2) is 24.3 Å². The molecule has 0 saturated carbocycles. The topological polar surface area (TPSA) is 41.1 Å². The summed E-state index contributed by atoms with van der Waals surface area (Å²) in [4.78, 5) is 11.2. The molecular weight excluding hydrogens is 359 g/mol. The Morgan fingerprint density at radius 1 is 1.36 bits per heavy atom. The Morgan fingerprint density at radius 3 is 2.57 bits per heavy atom. The number of halogens is 2. The van der Waals surface area contributed by atoms with Gasteiger partial charge >= 0.3 is 6.03 Å². The smallest absolute Gasteiger partial charge is 0.319 e. The first-order valence-electron chi connectivity index (χ1n) is 4.09. The van der Waals surface area contributed by atoms with Crippen molar-refractivity contribution in [3.05, 3.63) is 27.8 Å². The standard InChI is InChI=1S/C9H10BrIN2O/c10-5-6-12-9(14)13-8-3-1-7(11)2-4-8/h1-4H,5-6H2,(H2,12,13,14). The Hall–Kier alpha value is -0.300. The van der Waals surface area contributed by atoms with E-state index in [0.717, 1.165) is 14.6 Å². The minimum Gasteiger partial charge on any atom is -0.337 e. The minimum absolute atomic E-state index is 0.175. The second kappa shape index (κ2) is 6.23. The Balaban J connectivity index is 2.44. The molecule has 1 aromatic carbocycles. The van der Waals surface area contributed by atoms with Crippen LogP contribution in [0.25, 0.3) is 0 Å². The summed E-state index contributed by atoms with van der Waals surface area (Å²) in [6.45, 7) is 0.621. The van der Waals surface area contributed by atoms with Gasteiger partial charge in [-0.1, -0.05) is 15.9 Å². The summed E-state index contributed by atoms with van der Waals surface area (Å²) in [7, 11) is 0. The lowest BCUT2D eigenvalue weighted by Gasteiger charge is -2.05. The van der Waals surface area contributed by atoms with Crippen LogP contribution in [0.2, 0.25) is 0 Å². The van der Waals surface area contributed by atoms with Crippen LogP contribution < -0.4 is 10.6 Å². The zero-order valence-electron chi connectivity index (χ0n) is 7.39. The summed E-state index contributed by atoms with van der Waals surface area (Å²) >= 11 is 5.45. The van der Waals surface area contributed by atoms with E-state index in [9.17, 15) is 4.79 Å². The molecule has 0 unspecified atom stereocenters. The molecule has 2 N–H and O–H groups in total. The van der Waals surface area contributed by atoms with E-state index in [1.807, 2.05) is 24.3 Å². The number of amides is 2. The molecule has 0 fully saturated rings. The Bertz CT molecular complexity index is 302. The molecule has 14 heavy (non-hydrogen) atoms. The molecular formula is C9H10BrIN2O. The highest BCUT2D eigenvalue weighted by molar-refractivity contribution is 14.1. The molecule has 2 amide bonds. The molecule has 0 spiro atoms. The van der Waals surface area contributed by atoms with Gasteiger partial charge in [0, 0.05) is 21.1 Å². The van der Waals surface area contributed by atoms with Gasteiger partial charge in [0.25, 0.3) is 0 Å². The van der Waals surface area contributed by atoms with Crippen molar-refractivity contribution in [2.24, 2.45) is 0 Å². The van der Waals surface area contributed by atoms with E-state index in [-0.39, 0.29) is 6.03 Å². The van der Waals surface area contributed by atoms with Gasteiger partial charge in [0.1, 0.15) is 0 Å². The molecule has 0 aromatic heterocycles. The number of nitrogens with one attached hydrogen (secondary N) is 2. The lowest BCUT2D eigenvalue weighted by Crippen LogP contribution is -2.30. The van der Waals surface area contributed by atoms with E-state index in [4.69, 9.17) is 0 Å². The second-order valence-corrected chi connectivity index (χ2v) is 4.62. The fourth-order valence-electron chi connectivity index (χ4n) is 0.869. The van der Waals surface area contributed by atoms with Crippen LogP contribution >= 0.6 is 38.5 Å². The van der Waals surface area contributed by atoms with Gasteiger partial charge in [0.15, 0.2) is 0 Å². The Morgan fingerprint density at radius 2 is 2.00 bits per heavy atom. The van der Waals surface area contributed by atoms with Crippen LogP contribution in [0.1, 0.15) is 0 Å². The number of carbonyl (C=O) groups is 1. The third-order valence-electron chi connectivity index (χ3n) is 1.48. The normalized spacial score (nSPS) is 9.57. The summed E-state index contributed by atoms with van der Waals surface area (Å²) in [5.41, 5.74) is 0.803. The zero-order chi connectivity index (χ0) is 10.4. The summed E-state index contributed by atoms with van der Waals surface area (Å²) in [6.07, 6.45) is 0. The second-order valence-electron chi connectivity index (χ2n) is 2.58. The van der Waals surface area contributed by atoms with E-state index in [0.29, 0.717) is 6.54 Å². The lowest BCUT2D eigenvalue weighted by atomic mass is 10.3. The summed E-state index contributed by atoms with van der Waals surface area (Å²) in [6, 6.07) is 7.46. The predicted octanol–water partition coefficient (Wildman–Crippen LogP) is 2.81. The van der Waals surface area contributed by atoms with E-state index < -0.39 is 0 Å². The lowest BCUT2D eigenvalue weighted by molar-refractivity contribution is 0.252. The minimum atomic E-state index is -0.175. The first-order valence-corrected chi connectivity index (χ1v) is 6.29. The maximum atomic E-state index is 11.2. The number of rotatable bonds is 3. The highest BCUT2D eigenvalue weighted by atomic mass is 127. The van der Waals surface area contributed by atoms with Crippen LogP contribution in [0.5, 0.6) is 0 Å². The number of urea groups is 1. The van der Waals surface area contributed by atoms with Gasteiger partial charge in [-0.05, 0) is 46.9 Å². The SMILES string of the molecule is O=C(NCCBr)Nc1ccc(I)cc1. The molecule has 76 valence electrons. The van der Waals surface area contributed by atoms with Crippen LogP contribution in [0, 0.1) is 3.57 Å². The van der Waals surface area contributed by atoms with Crippen molar-refractivity contribution in [3.8, 4) is 0 Å². The number of carbonyl (C=O) groups excluding carboxylic acids is 1. The highest BCUT2D eigenvalue weighted by Crippen LogP contribution is 2.10. The third-order valence-corrected chi connectivity index (χ3v) is 2.60. The van der Waals surface area contributed by atoms with Gasteiger partial charge in [-0.15, -0.1) is 0 Å². The average molecular weight is 369 g/mol. The molecule has 0 aliphatic carbocycles. The molecule has 1 rings (SSSR count). The molecule has 0 aliphatic heterocycles. The predicted molar refractivity (Wildman–Crippen MR) is 70.0 cm³/mol. The van der Waals surface area contributed by atoms with Crippen LogP contribution in [-0.2, 0) is 0 Å². The summed E-state index contributed by atoms with van der Waals surface area (Å²) < 4.78 is 1.15. The number of hydrogen-bond acceptors (Lipinski definition) is 1. The number of alkyl halides is 1. The molecule has 1 aromatic rings. The van der Waals surface area contributed by atoms with Gasteiger partial charge in [-0.25, -0.2) is 4.79 Å². The fourth-order valence-corrected chi connectivity index (χ4v) is 1.43. The average Bonchev–Trinajstić information content (AvgIpc) is 2.18. The van der Waals surface area contributed by atoms with E-state index in [1.54, 1.807) is 0 Å². The van der Waals surface area contributed by atoms with Crippen LogP contribution in [0.4, 0.5) is 10.5 Å². The van der Waals surface area contributed by atoms with E-state index in [1.165, 1.54) is 0 Å². The van der Waals surface area contributed by atoms with Crippen molar-refractivity contribution in [3.63, 3.8) is 0 Å². The van der Waals surface area contributed by atoms with Crippen molar-refractivity contribution >= 4 is 50.2 Å². The van der Waals surface area contributed by atoms with Crippen LogP contribution in [-0.4, -0.2) is 17.9 Å². The summed E-state index contributed by atoms with van der Waals surface area (Å²) in [5.74, 6) is 0. The monoisotopic (exact) mass is 368 g/mol. The highest BCUT2D eigenvalue weighted by Gasteiger charge is 1.99. The Labute approximate surface area is 105 Å². The number of benzene rings is 1. The zero-order valence-corrected chi connectivity index (χ0v) is 11.1. The van der Waals surface area contributed by atoms with Gasteiger partial charge in [0.05, 0.1) is 0 Å². The molecule has 0 radical (unpaired) electrons. The van der Waals surface area contributed by atoms with Gasteiger partial charge < -0.3 is 10.6 Å². The van der Waals surface area contributed by atoms with Crippen molar-refractivity contribution in [1.82, 2.24) is 5.32 Å². The molecule has 0 saturated heterocycles. The van der Waals surface area contributed by atoms with Crippen LogP contribution in [0.3, 0.4) is 0 Å². The van der Waals surface area contributed by atoms with E-state index in [2.05, 4.69) is 49.2 Å². The Kier molecular flexibility index (Phi) is 5.24. The number of anilines is 1. The molecule has 0 aliphatic rings. The fraction of sp³-hybridized carbons (Fsp3) is 0.222. The third kappa shape index (κ3) is 4.28. The molecule has 5 heteroatoms. The number of hydrogen-bond donors (Lipinski definition) is 2. The molecule has 0 heterocycles. The maximum Gasteiger partial charge on any atom is 0.319 e. The summed E-state index contributed by atoms with van der Waals surface area (Å²) in [5, 5.41) is 6.18. The van der Waals surface area contributed by atoms with Gasteiger partial charge in [-0.2, -0.15) is 0 Å². The molecule has 0 atom stereocenters.